The summed E-state index contributed by atoms with van der Waals surface area (Å²) >= 11 is 0. The first-order valence-corrected chi connectivity index (χ1v) is 6.59. The summed E-state index contributed by atoms with van der Waals surface area (Å²) in [5.41, 5.74) is 0.946. The van der Waals surface area contributed by atoms with Gasteiger partial charge in [0.2, 0.25) is 0 Å². The summed E-state index contributed by atoms with van der Waals surface area (Å²) < 4.78 is 0. The Balaban J connectivity index is 2.09. The topological polar surface area (TPSA) is 36.4 Å². The van der Waals surface area contributed by atoms with E-state index in [1.807, 2.05) is 12.1 Å². The Morgan fingerprint density at radius 2 is 2.29 bits per heavy atom. The molecule has 0 aromatic carbocycles. The average molecular weight is 234 g/mol. The fourth-order valence-electron chi connectivity index (χ4n) is 2.24. The molecule has 0 bridgehead atoms. The van der Waals surface area contributed by atoms with Crippen molar-refractivity contribution in [2.24, 2.45) is 5.92 Å². The minimum Gasteiger partial charge on any atom is -0.389 e. The van der Waals surface area contributed by atoms with Crippen LogP contribution in [0.1, 0.15) is 44.8 Å². The first-order chi connectivity index (χ1) is 8.20. The van der Waals surface area contributed by atoms with Crippen molar-refractivity contribution in [3.05, 3.63) is 23.9 Å². The zero-order valence-corrected chi connectivity index (χ0v) is 10.8. The normalized spacial score (nSPS) is 17.6. The van der Waals surface area contributed by atoms with Crippen LogP contribution in [0.25, 0.3) is 0 Å². The number of aromatic nitrogens is 1. The largest absolute Gasteiger partial charge is 0.389 e. The van der Waals surface area contributed by atoms with Crippen molar-refractivity contribution in [1.29, 1.82) is 0 Å². The Hall–Kier alpha value is -1.09. The molecule has 0 spiro atoms. The number of rotatable bonds is 5. The highest BCUT2D eigenvalue weighted by molar-refractivity contribution is 5.41. The molecule has 1 aliphatic carbocycles. The maximum absolute atomic E-state index is 9.60. The molecule has 0 saturated heterocycles. The van der Waals surface area contributed by atoms with Gasteiger partial charge >= 0.3 is 0 Å². The van der Waals surface area contributed by atoms with Crippen LogP contribution in [-0.2, 0) is 0 Å². The predicted molar refractivity (Wildman–Crippen MR) is 70.1 cm³/mol. The smallest absolute Gasteiger partial charge is 0.128 e. The van der Waals surface area contributed by atoms with E-state index in [0.717, 1.165) is 30.4 Å². The zero-order chi connectivity index (χ0) is 12.3. The minimum absolute atomic E-state index is 0.417. The van der Waals surface area contributed by atoms with Crippen LogP contribution in [0.15, 0.2) is 18.3 Å². The SMILES string of the molecule is CCN(CC1CCC1)c1cc(C(C)O)ccn1. The molecular weight excluding hydrogens is 212 g/mol. The van der Waals surface area contributed by atoms with Crippen molar-refractivity contribution in [1.82, 2.24) is 4.98 Å². The van der Waals surface area contributed by atoms with Crippen molar-refractivity contribution >= 4 is 5.82 Å². The monoisotopic (exact) mass is 234 g/mol. The van der Waals surface area contributed by atoms with Crippen LogP contribution in [0, 0.1) is 5.92 Å². The highest BCUT2D eigenvalue weighted by atomic mass is 16.3. The lowest BCUT2D eigenvalue weighted by molar-refractivity contribution is 0.199. The molecule has 2 rings (SSSR count). The summed E-state index contributed by atoms with van der Waals surface area (Å²) in [6, 6.07) is 3.89. The Labute approximate surface area is 103 Å². The van der Waals surface area contributed by atoms with Gasteiger partial charge in [-0.25, -0.2) is 4.98 Å². The van der Waals surface area contributed by atoms with Crippen LogP contribution in [0.4, 0.5) is 5.82 Å². The first-order valence-electron chi connectivity index (χ1n) is 6.59. The zero-order valence-electron chi connectivity index (χ0n) is 10.8. The van der Waals surface area contributed by atoms with Gasteiger partial charge in [-0.05, 0) is 50.3 Å². The second kappa shape index (κ2) is 5.50. The molecular formula is C14H22N2O. The molecule has 1 fully saturated rings. The van der Waals surface area contributed by atoms with Crippen LogP contribution in [0.5, 0.6) is 0 Å². The lowest BCUT2D eigenvalue weighted by Crippen LogP contribution is -2.33. The van der Waals surface area contributed by atoms with Crippen LogP contribution in [0.3, 0.4) is 0 Å². The van der Waals surface area contributed by atoms with Gasteiger partial charge in [-0.1, -0.05) is 6.42 Å². The van der Waals surface area contributed by atoms with Gasteiger partial charge in [0.25, 0.3) is 0 Å². The van der Waals surface area contributed by atoms with Crippen molar-refractivity contribution in [3.63, 3.8) is 0 Å². The number of aliphatic hydroxyl groups excluding tert-OH is 1. The summed E-state index contributed by atoms with van der Waals surface area (Å²) in [5.74, 6) is 1.84. The molecule has 0 amide bonds. The lowest BCUT2D eigenvalue weighted by Gasteiger charge is -2.32. The highest BCUT2D eigenvalue weighted by Crippen LogP contribution is 2.28. The maximum Gasteiger partial charge on any atom is 0.128 e. The first kappa shape index (κ1) is 12.4. The molecule has 17 heavy (non-hydrogen) atoms. The van der Waals surface area contributed by atoms with E-state index in [1.165, 1.54) is 19.3 Å². The van der Waals surface area contributed by atoms with Crippen LogP contribution in [0.2, 0.25) is 0 Å². The molecule has 3 heteroatoms. The Kier molecular flexibility index (Phi) is 4.00. The Bertz CT molecular complexity index is 361. The molecule has 1 atom stereocenters. The van der Waals surface area contributed by atoms with Crippen LogP contribution < -0.4 is 4.90 Å². The number of aliphatic hydroxyl groups is 1. The molecule has 1 saturated carbocycles. The number of pyridine rings is 1. The molecule has 3 nitrogen and oxygen atoms in total. The van der Waals surface area contributed by atoms with E-state index in [0.29, 0.717) is 0 Å². The van der Waals surface area contributed by atoms with Crippen molar-refractivity contribution < 1.29 is 5.11 Å². The van der Waals surface area contributed by atoms with Crippen molar-refractivity contribution in [2.45, 2.75) is 39.2 Å². The van der Waals surface area contributed by atoms with Gasteiger partial charge in [-0.2, -0.15) is 0 Å². The molecule has 1 aromatic rings. The molecule has 1 heterocycles. The standard InChI is InChI=1S/C14H22N2O/c1-3-16(10-12-5-4-6-12)14-9-13(11(2)17)7-8-15-14/h7-9,11-12,17H,3-6,10H2,1-2H3. The molecule has 1 aromatic heterocycles. The second-order valence-electron chi connectivity index (χ2n) is 4.96. The lowest BCUT2D eigenvalue weighted by atomic mass is 9.85. The number of hydrogen-bond donors (Lipinski definition) is 1. The van der Waals surface area contributed by atoms with Gasteiger partial charge in [0.15, 0.2) is 0 Å². The third-order valence-corrected chi connectivity index (χ3v) is 3.66. The summed E-state index contributed by atoms with van der Waals surface area (Å²) in [6.45, 7) is 6.04. The van der Waals surface area contributed by atoms with Gasteiger partial charge < -0.3 is 10.0 Å². The third kappa shape index (κ3) is 2.97. The van der Waals surface area contributed by atoms with E-state index in [2.05, 4.69) is 16.8 Å². The van der Waals surface area contributed by atoms with Gasteiger partial charge in [-0.3, -0.25) is 0 Å². The Morgan fingerprint density at radius 1 is 1.53 bits per heavy atom. The predicted octanol–water partition coefficient (Wildman–Crippen LogP) is 2.76. The number of anilines is 1. The van der Waals surface area contributed by atoms with E-state index in [1.54, 1.807) is 13.1 Å². The van der Waals surface area contributed by atoms with E-state index >= 15 is 0 Å². The molecule has 0 aliphatic heterocycles. The van der Waals surface area contributed by atoms with Crippen LogP contribution in [-0.4, -0.2) is 23.2 Å². The quantitative estimate of drug-likeness (QED) is 0.851. The van der Waals surface area contributed by atoms with Crippen molar-refractivity contribution in [3.8, 4) is 0 Å². The van der Waals surface area contributed by atoms with Crippen LogP contribution >= 0.6 is 0 Å². The highest BCUT2D eigenvalue weighted by Gasteiger charge is 2.20. The van der Waals surface area contributed by atoms with Gasteiger partial charge in [-0.15, -0.1) is 0 Å². The molecule has 0 radical (unpaired) electrons. The summed E-state index contributed by atoms with van der Waals surface area (Å²) in [6.07, 6.45) is 5.46. The average Bonchev–Trinajstić information content (AvgIpc) is 2.28. The maximum atomic E-state index is 9.60. The van der Waals surface area contributed by atoms with E-state index in [-0.39, 0.29) is 0 Å². The Morgan fingerprint density at radius 3 is 2.82 bits per heavy atom. The van der Waals surface area contributed by atoms with E-state index in [9.17, 15) is 5.11 Å². The number of hydrogen-bond acceptors (Lipinski definition) is 3. The number of nitrogens with zero attached hydrogens (tertiary/aromatic N) is 2. The fraction of sp³-hybridized carbons (Fsp3) is 0.643. The van der Waals surface area contributed by atoms with Gasteiger partial charge in [0.1, 0.15) is 5.82 Å². The minimum atomic E-state index is -0.417. The molecule has 1 unspecified atom stereocenters. The summed E-state index contributed by atoms with van der Waals surface area (Å²) in [7, 11) is 0. The summed E-state index contributed by atoms with van der Waals surface area (Å²) in [4.78, 5) is 6.73. The van der Waals surface area contributed by atoms with Gasteiger partial charge in [0, 0.05) is 19.3 Å². The fourth-order valence-corrected chi connectivity index (χ4v) is 2.24. The molecule has 1 aliphatic rings. The second-order valence-corrected chi connectivity index (χ2v) is 4.96. The van der Waals surface area contributed by atoms with E-state index < -0.39 is 6.10 Å². The third-order valence-electron chi connectivity index (χ3n) is 3.66. The van der Waals surface area contributed by atoms with E-state index in [4.69, 9.17) is 0 Å². The van der Waals surface area contributed by atoms with Gasteiger partial charge in [0.05, 0.1) is 6.10 Å². The molecule has 94 valence electrons. The summed E-state index contributed by atoms with van der Waals surface area (Å²) in [5, 5.41) is 9.60. The van der Waals surface area contributed by atoms with Crippen molar-refractivity contribution in [2.75, 3.05) is 18.0 Å². The molecule has 1 N–H and O–H groups in total.